The Bertz CT molecular complexity index is 421. The highest BCUT2D eigenvalue weighted by molar-refractivity contribution is 5.35. The van der Waals surface area contributed by atoms with Crippen LogP contribution in [0, 0.1) is 10.1 Å². The van der Waals surface area contributed by atoms with Crippen LogP contribution in [0.5, 0.6) is 0 Å². The summed E-state index contributed by atoms with van der Waals surface area (Å²) in [6, 6.07) is 7.63. The number of unbranched alkanes of at least 4 members (excludes halogenated alkanes) is 1. The van der Waals surface area contributed by atoms with Crippen molar-refractivity contribution >= 4 is 5.69 Å². The molecule has 2 atom stereocenters. The fraction of sp³-hybridized carbons (Fsp3) is 0.625. The van der Waals surface area contributed by atoms with Crippen LogP contribution >= 0.6 is 0 Å². The van der Waals surface area contributed by atoms with Crippen LogP contribution in [0.3, 0.4) is 0 Å². The van der Waals surface area contributed by atoms with E-state index in [0.717, 1.165) is 24.8 Å². The molecule has 4 nitrogen and oxygen atoms in total. The average molecular weight is 278 g/mol. The first-order valence-corrected chi connectivity index (χ1v) is 7.58. The zero-order valence-corrected chi connectivity index (χ0v) is 12.8. The molecule has 4 heteroatoms. The molecule has 1 aromatic rings. The standard InChI is InChI=1S/C16H26N2O2/c1-4-6-9-13(3)17-16(8-5-2)14-10-7-11-15(12-14)18(19)20/h7,10-13,16-17H,4-6,8-9H2,1-3H3. The van der Waals surface area contributed by atoms with E-state index in [4.69, 9.17) is 0 Å². The molecule has 0 heterocycles. The van der Waals surface area contributed by atoms with Crippen LogP contribution in [-0.2, 0) is 0 Å². The minimum absolute atomic E-state index is 0.173. The monoisotopic (exact) mass is 278 g/mol. The fourth-order valence-electron chi connectivity index (χ4n) is 2.43. The second kappa shape index (κ2) is 8.69. The molecule has 2 unspecified atom stereocenters. The Balaban J connectivity index is 2.79. The van der Waals surface area contributed by atoms with E-state index in [-0.39, 0.29) is 16.7 Å². The number of nitrogens with zero attached hydrogens (tertiary/aromatic N) is 1. The predicted molar refractivity (Wildman–Crippen MR) is 82.9 cm³/mol. The highest BCUT2D eigenvalue weighted by atomic mass is 16.6. The topological polar surface area (TPSA) is 55.2 Å². The summed E-state index contributed by atoms with van der Waals surface area (Å²) < 4.78 is 0. The van der Waals surface area contributed by atoms with Gasteiger partial charge in [-0.3, -0.25) is 10.1 Å². The number of nitrogens with one attached hydrogen (secondary N) is 1. The van der Waals surface area contributed by atoms with Crippen LogP contribution in [0.1, 0.15) is 64.5 Å². The molecule has 0 radical (unpaired) electrons. The zero-order chi connectivity index (χ0) is 15.0. The first-order chi connectivity index (χ1) is 9.58. The molecule has 0 aliphatic carbocycles. The van der Waals surface area contributed by atoms with Crippen LogP contribution in [0.4, 0.5) is 5.69 Å². The van der Waals surface area contributed by atoms with Gasteiger partial charge in [-0.05, 0) is 25.3 Å². The van der Waals surface area contributed by atoms with Crippen LogP contribution < -0.4 is 5.32 Å². The number of hydrogen-bond acceptors (Lipinski definition) is 3. The van der Waals surface area contributed by atoms with E-state index in [1.54, 1.807) is 18.2 Å². The highest BCUT2D eigenvalue weighted by Gasteiger charge is 2.16. The van der Waals surface area contributed by atoms with Crippen molar-refractivity contribution in [1.29, 1.82) is 0 Å². The normalized spacial score (nSPS) is 13.9. The third-order valence-electron chi connectivity index (χ3n) is 3.54. The lowest BCUT2D eigenvalue weighted by Gasteiger charge is -2.23. The van der Waals surface area contributed by atoms with E-state index in [1.165, 1.54) is 12.8 Å². The van der Waals surface area contributed by atoms with Gasteiger partial charge in [-0.1, -0.05) is 45.2 Å². The number of rotatable bonds is 9. The summed E-state index contributed by atoms with van der Waals surface area (Å²) in [6.45, 7) is 6.52. The summed E-state index contributed by atoms with van der Waals surface area (Å²) in [7, 11) is 0. The molecule has 0 saturated heterocycles. The van der Waals surface area contributed by atoms with Gasteiger partial charge in [0, 0.05) is 24.2 Å². The van der Waals surface area contributed by atoms with Gasteiger partial charge >= 0.3 is 0 Å². The Morgan fingerprint density at radius 2 is 2.00 bits per heavy atom. The molecule has 0 saturated carbocycles. The Hall–Kier alpha value is -1.42. The van der Waals surface area contributed by atoms with Crippen molar-refractivity contribution in [3.8, 4) is 0 Å². The Labute approximate surface area is 121 Å². The molecule has 112 valence electrons. The molecule has 0 spiro atoms. The quantitative estimate of drug-likeness (QED) is 0.530. The van der Waals surface area contributed by atoms with E-state index < -0.39 is 0 Å². The van der Waals surface area contributed by atoms with E-state index in [1.807, 2.05) is 6.07 Å². The van der Waals surface area contributed by atoms with Crippen molar-refractivity contribution in [3.05, 3.63) is 39.9 Å². The molecule has 0 aliphatic heterocycles. The molecule has 0 bridgehead atoms. The molecule has 1 aromatic carbocycles. The van der Waals surface area contributed by atoms with Crippen molar-refractivity contribution in [2.24, 2.45) is 0 Å². The largest absolute Gasteiger partial charge is 0.307 e. The second-order valence-corrected chi connectivity index (χ2v) is 5.40. The maximum absolute atomic E-state index is 10.9. The zero-order valence-electron chi connectivity index (χ0n) is 12.8. The van der Waals surface area contributed by atoms with Crippen LogP contribution in [0.15, 0.2) is 24.3 Å². The van der Waals surface area contributed by atoms with Gasteiger partial charge in [0.1, 0.15) is 0 Å². The van der Waals surface area contributed by atoms with Gasteiger partial charge in [0.05, 0.1) is 4.92 Å². The van der Waals surface area contributed by atoms with E-state index in [0.29, 0.717) is 6.04 Å². The van der Waals surface area contributed by atoms with E-state index in [9.17, 15) is 10.1 Å². The van der Waals surface area contributed by atoms with Gasteiger partial charge in [-0.25, -0.2) is 0 Å². The number of non-ortho nitro benzene ring substituents is 1. The predicted octanol–water partition coefficient (Wildman–Crippen LogP) is 4.60. The Morgan fingerprint density at radius 3 is 2.60 bits per heavy atom. The maximum Gasteiger partial charge on any atom is 0.269 e. The summed E-state index contributed by atoms with van der Waals surface area (Å²) in [5.74, 6) is 0. The first kappa shape index (κ1) is 16.6. The summed E-state index contributed by atoms with van der Waals surface area (Å²) in [5.41, 5.74) is 1.19. The van der Waals surface area contributed by atoms with E-state index >= 15 is 0 Å². The van der Waals surface area contributed by atoms with Crippen LogP contribution in [-0.4, -0.2) is 11.0 Å². The third kappa shape index (κ3) is 5.29. The van der Waals surface area contributed by atoms with Gasteiger partial charge in [0.25, 0.3) is 5.69 Å². The van der Waals surface area contributed by atoms with Gasteiger partial charge in [0.2, 0.25) is 0 Å². The maximum atomic E-state index is 10.9. The molecule has 0 amide bonds. The third-order valence-corrected chi connectivity index (χ3v) is 3.54. The molecule has 0 fully saturated rings. The summed E-state index contributed by atoms with van der Waals surface area (Å²) in [5, 5.41) is 14.5. The number of hydrogen-bond donors (Lipinski definition) is 1. The number of benzene rings is 1. The Kier molecular flexibility index (Phi) is 7.23. The minimum Gasteiger partial charge on any atom is -0.307 e. The average Bonchev–Trinajstić information content (AvgIpc) is 2.44. The number of nitro groups is 1. The summed E-state index contributed by atoms with van der Waals surface area (Å²) in [4.78, 5) is 10.6. The SMILES string of the molecule is CCCCC(C)NC(CCC)c1cccc([N+](=O)[O-])c1. The lowest BCUT2D eigenvalue weighted by Crippen LogP contribution is -2.30. The lowest BCUT2D eigenvalue weighted by atomic mass is 10.00. The molecular formula is C16H26N2O2. The first-order valence-electron chi connectivity index (χ1n) is 7.58. The van der Waals surface area contributed by atoms with Gasteiger partial charge < -0.3 is 5.32 Å². The minimum atomic E-state index is -0.326. The van der Waals surface area contributed by atoms with Crippen molar-refractivity contribution in [3.63, 3.8) is 0 Å². The number of nitro benzene ring substituents is 1. The van der Waals surface area contributed by atoms with E-state index in [2.05, 4.69) is 26.1 Å². The summed E-state index contributed by atoms with van der Waals surface area (Å²) in [6.07, 6.45) is 5.60. The fourth-order valence-corrected chi connectivity index (χ4v) is 2.43. The van der Waals surface area contributed by atoms with Crippen molar-refractivity contribution in [1.82, 2.24) is 5.32 Å². The van der Waals surface area contributed by atoms with Crippen molar-refractivity contribution < 1.29 is 4.92 Å². The Morgan fingerprint density at radius 1 is 1.25 bits per heavy atom. The smallest absolute Gasteiger partial charge is 0.269 e. The van der Waals surface area contributed by atoms with Crippen LogP contribution in [0.2, 0.25) is 0 Å². The van der Waals surface area contributed by atoms with Crippen LogP contribution in [0.25, 0.3) is 0 Å². The molecule has 20 heavy (non-hydrogen) atoms. The molecule has 1 N–H and O–H groups in total. The highest BCUT2D eigenvalue weighted by Crippen LogP contribution is 2.23. The second-order valence-electron chi connectivity index (χ2n) is 5.40. The van der Waals surface area contributed by atoms with Gasteiger partial charge in [-0.15, -0.1) is 0 Å². The van der Waals surface area contributed by atoms with Gasteiger partial charge in [0.15, 0.2) is 0 Å². The van der Waals surface area contributed by atoms with Crippen molar-refractivity contribution in [2.45, 2.75) is 65.0 Å². The van der Waals surface area contributed by atoms with Crippen molar-refractivity contribution in [2.75, 3.05) is 0 Å². The molecular weight excluding hydrogens is 252 g/mol. The summed E-state index contributed by atoms with van der Waals surface area (Å²) >= 11 is 0. The molecule has 1 rings (SSSR count). The molecule has 0 aromatic heterocycles. The van der Waals surface area contributed by atoms with Gasteiger partial charge in [-0.2, -0.15) is 0 Å². The lowest BCUT2D eigenvalue weighted by molar-refractivity contribution is -0.384. The molecule has 0 aliphatic rings.